The first-order chi connectivity index (χ1) is 8.54. The zero-order valence-corrected chi connectivity index (χ0v) is 10.9. The zero-order chi connectivity index (χ0) is 13.3. The van der Waals surface area contributed by atoms with Crippen LogP contribution in [-0.4, -0.2) is 16.6 Å². The van der Waals surface area contributed by atoms with Crippen LogP contribution in [0.15, 0.2) is 35.4 Å². The first-order valence-corrected chi connectivity index (χ1v) is 5.91. The van der Waals surface area contributed by atoms with Crippen molar-refractivity contribution in [3.63, 3.8) is 0 Å². The molecule has 0 saturated heterocycles. The lowest BCUT2D eigenvalue weighted by atomic mass is 10.2. The first kappa shape index (κ1) is 12.3. The van der Waals surface area contributed by atoms with E-state index in [1.807, 2.05) is 32.0 Å². The second-order valence-corrected chi connectivity index (χ2v) is 4.45. The number of H-pyrrole nitrogens is 1. The van der Waals surface area contributed by atoms with Gasteiger partial charge in [-0.25, -0.2) is 4.79 Å². The molecule has 0 aliphatic carbocycles. The van der Waals surface area contributed by atoms with Gasteiger partial charge in [0.1, 0.15) is 0 Å². The summed E-state index contributed by atoms with van der Waals surface area (Å²) < 4.78 is 1.74. The molecule has 0 unspecified atom stereocenters. The van der Waals surface area contributed by atoms with E-state index in [9.17, 15) is 4.79 Å². The number of fused-ring (bicyclic) bond motifs is 1. The van der Waals surface area contributed by atoms with E-state index in [0.29, 0.717) is 5.82 Å². The average Bonchev–Trinajstić information content (AvgIpc) is 2.66. The standard InChI is InChI=1S/C13H18N4O/c1-8(2)17-11-7-5-6-10(15-9(3)14-4)12(11)16-13(17)18/h5-8,14-15H,3H2,1-2,4H3,(H,16,18). The summed E-state index contributed by atoms with van der Waals surface area (Å²) >= 11 is 0. The molecule has 0 fully saturated rings. The zero-order valence-electron chi connectivity index (χ0n) is 10.9. The quantitative estimate of drug-likeness (QED) is 0.773. The van der Waals surface area contributed by atoms with E-state index < -0.39 is 0 Å². The molecule has 1 heterocycles. The highest BCUT2D eigenvalue weighted by molar-refractivity contribution is 5.89. The van der Waals surface area contributed by atoms with E-state index in [4.69, 9.17) is 0 Å². The molecule has 0 atom stereocenters. The second-order valence-electron chi connectivity index (χ2n) is 4.45. The molecule has 3 N–H and O–H groups in total. The van der Waals surface area contributed by atoms with Gasteiger partial charge in [0.2, 0.25) is 0 Å². The molecular formula is C13H18N4O. The molecule has 0 bridgehead atoms. The Morgan fingerprint density at radius 3 is 2.78 bits per heavy atom. The van der Waals surface area contributed by atoms with Crippen LogP contribution in [0.5, 0.6) is 0 Å². The summed E-state index contributed by atoms with van der Waals surface area (Å²) in [6, 6.07) is 5.88. The van der Waals surface area contributed by atoms with Crippen LogP contribution in [0.25, 0.3) is 11.0 Å². The second kappa shape index (κ2) is 4.60. The minimum absolute atomic E-state index is 0.0932. The summed E-state index contributed by atoms with van der Waals surface area (Å²) in [5, 5.41) is 6.04. The van der Waals surface area contributed by atoms with Gasteiger partial charge in [-0.05, 0) is 26.0 Å². The van der Waals surface area contributed by atoms with Crippen LogP contribution in [0, 0.1) is 0 Å². The van der Waals surface area contributed by atoms with Gasteiger partial charge in [-0.1, -0.05) is 12.6 Å². The number of aromatic amines is 1. The van der Waals surface area contributed by atoms with Gasteiger partial charge in [0.25, 0.3) is 0 Å². The fourth-order valence-corrected chi connectivity index (χ4v) is 1.99. The monoisotopic (exact) mass is 246 g/mol. The van der Waals surface area contributed by atoms with Crippen molar-refractivity contribution in [2.24, 2.45) is 0 Å². The summed E-state index contributed by atoms with van der Waals surface area (Å²) in [5.74, 6) is 0.681. The van der Waals surface area contributed by atoms with Crippen molar-refractivity contribution in [2.75, 3.05) is 12.4 Å². The Balaban J connectivity index is 2.61. The highest BCUT2D eigenvalue weighted by Gasteiger charge is 2.12. The Morgan fingerprint density at radius 2 is 2.17 bits per heavy atom. The molecule has 96 valence electrons. The minimum atomic E-state index is -0.0932. The Hall–Kier alpha value is -2.17. The van der Waals surface area contributed by atoms with Crippen molar-refractivity contribution in [1.29, 1.82) is 0 Å². The Labute approximate surface area is 106 Å². The average molecular weight is 246 g/mol. The maximum Gasteiger partial charge on any atom is 0.326 e. The maximum absolute atomic E-state index is 11.9. The van der Waals surface area contributed by atoms with Crippen LogP contribution >= 0.6 is 0 Å². The van der Waals surface area contributed by atoms with Crippen LogP contribution in [0.3, 0.4) is 0 Å². The number of nitrogens with one attached hydrogen (secondary N) is 3. The van der Waals surface area contributed by atoms with Gasteiger partial charge in [-0.15, -0.1) is 0 Å². The lowest BCUT2D eigenvalue weighted by Crippen LogP contribution is -2.18. The summed E-state index contributed by atoms with van der Waals surface area (Å²) in [5.41, 5.74) is 2.43. The predicted octanol–water partition coefficient (Wildman–Crippen LogP) is 2.01. The molecule has 2 aromatic rings. The molecular weight excluding hydrogens is 228 g/mol. The van der Waals surface area contributed by atoms with Gasteiger partial charge in [-0.3, -0.25) is 4.57 Å². The molecule has 0 aliphatic rings. The highest BCUT2D eigenvalue weighted by Crippen LogP contribution is 2.22. The Morgan fingerprint density at radius 1 is 1.44 bits per heavy atom. The van der Waals surface area contributed by atoms with E-state index in [1.54, 1.807) is 11.6 Å². The first-order valence-electron chi connectivity index (χ1n) is 5.91. The molecule has 0 saturated carbocycles. The van der Waals surface area contributed by atoms with E-state index in [0.717, 1.165) is 16.7 Å². The van der Waals surface area contributed by atoms with E-state index in [1.165, 1.54) is 0 Å². The van der Waals surface area contributed by atoms with Crippen molar-refractivity contribution in [3.05, 3.63) is 41.1 Å². The van der Waals surface area contributed by atoms with Crippen LogP contribution in [0.1, 0.15) is 19.9 Å². The van der Waals surface area contributed by atoms with Crippen LogP contribution < -0.4 is 16.3 Å². The van der Waals surface area contributed by atoms with Gasteiger partial charge in [0, 0.05) is 13.1 Å². The molecule has 5 nitrogen and oxygen atoms in total. The number of anilines is 1. The van der Waals surface area contributed by atoms with Crippen molar-refractivity contribution in [3.8, 4) is 0 Å². The molecule has 5 heteroatoms. The number of hydrogen-bond acceptors (Lipinski definition) is 3. The van der Waals surface area contributed by atoms with Crippen LogP contribution in [-0.2, 0) is 0 Å². The summed E-state index contributed by atoms with van der Waals surface area (Å²) in [6.07, 6.45) is 0. The number of para-hydroxylation sites is 1. The van der Waals surface area contributed by atoms with Gasteiger partial charge < -0.3 is 15.6 Å². The van der Waals surface area contributed by atoms with E-state index in [2.05, 4.69) is 22.2 Å². The van der Waals surface area contributed by atoms with Gasteiger partial charge >= 0.3 is 5.69 Å². The number of rotatable bonds is 4. The van der Waals surface area contributed by atoms with Crippen molar-refractivity contribution >= 4 is 16.7 Å². The minimum Gasteiger partial charge on any atom is -0.375 e. The maximum atomic E-state index is 11.9. The van der Waals surface area contributed by atoms with Crippen molar-refractivity contribution in [2.45, 2.75) is 19.9 Å². The number of nitrogens with zero attached hydrogens (tertiary/aromatic N) is 1. The fourth-order valence-electron chi connectivity index (χ4n) is 1.99. The van der Waals surface area contributed by atoms with Crippen LogP contribution in [0.2, 0.25) is 0 Å². The molecule has 0 radical (unpaired) electrons. The molecule has 18 heavy (non-hydrogen) atoms. The van der Waals surface area contributed by atoms with E-state index in [-0.39, 0.29) is 11.7 Å². The van der Waals surface area contributed by atoms with Crippen LogP contribution in [0.4, 0.5) is 5.69 Å². The van der Waals surface area contributed by atoms with E-state index >= 15 is 0 Å². The number of benzene rings is 1. The lowest BCUT2D eigenvalue weighted by molar-refractivity contribution is 0.598. The number of hydrogen-bond donors (Lipinski definition) is 3. The number of imidazole rings is 1. The summed E-state index contributed by atoms with van der Waals surface area (Å²) in [7, 11) is 1.79. The Bertz CT molecular complexity index is 636. The highest BCUT2D eigenvalue weighted by atomic mass is 16.1. The van der Waals surface area contributed by atoms with Gasteiger partial charge in [0.15, 0.2) is 0 Å². The van der Waals surface area contributed by atoms with Crippen molar-refractivity contribution < 1.29 is 0 Å². The predicted molar refractivity (Wildman–Crippen MR) is 74.8 cm³/mol. The third kappa shape index (κ3) is 1.99. The molecule has 1 aromatic heterocycles. The molecule has 0 aliphatic heterocycles. The third-order valence-electron chi connectivity index (χ3n) is 2.86. The molecule has 0 amide bonds. The van der Waals surface area contributed by atoms with Crippen molar-refractivity contribution in [1.82, 2.24) is 14.9 Å². The fraction of sp³-hybridized carbons (Fsp3) is 0.308. The summed E-state index contributed by atoms with van der Waals surface area (Å²) in [4.78, 5) is 14.8. The topological polar surface area (TPSA) is 61.8 Å². The van der Waals surface area contributed by atoms with Gasteiger partial charge in [0.05, 0.1) is 22.5 Å². The van der Waals surface area contributed by atoms with Gasteiger partial charge in [-0.2, -0.15) is 0 Å². The molecule has 0 spiro atoms. The normalized spacial score (nSPS) is 10.9. The molecule has 1 aromatic carbocycles. The Kier molecular flexibility index (Phi) is 3.14. The molecule has 2 rings (SSSR count). The number of aromatic nitrogens is 2. The SMILES string of the molecule is C=C(NC)Nc1cccc2c1[nH]c(=O)n2C(C)C. The third-order valence-corrected chi connectivity index (χ3v) is 2.86. The lowest BCUT2D eigenvalue weighted by Gasteiger charge is -2.10. The largest absolute Gasteiger partial charge is 0.375 e. The summed E-state index contributed by atoms with van der Waals surface area (Å²) in [6.45, 7) is 7.79. The smallest absolute Gasteiger partial charge is 0.326 e.